The maximum Gasteiger partial charge on any atom is 0.257 e. The van der Waals surface area contributed by atoms with Crippen molar-refractivity contribution in [1.29, 1.82) is 0 Å². The number of hydrogen-bond acceptors (Lipinski definition) is 5. The Kier molecular flexibility index (Phi) is 7.86. The molecule has 7 nitrogen and oxygen atoms in total. The number of halogens is 1. The molecule has 0 saturated carbocycles. The average Bonchev–Trinajstić information content (AvgIpc) is 2.82. The smallest absolute Gasteiger partial charge is 0.257 e. The van der Waals surface area contributed by atoms with Gasteiger partial charge in [0, 0.05) is 61.4 Å². The molecule has 0 aliphatic carbocycles. The number of rotatable bonds is 5. The summed E-state index contributed by atoms with van der Waals surface area (Å²) >= 11 is 6.42. The van der Waals surface area contributed by atoms with Gasteiger partial charge in [0.15, 0.2) is 0 Å². The quantitative estimate of drug-likeness (QED) is 0.688. The first-order valence-corrected chi connectivity index (χ1v) is 12.4. The van der Waals surface area contributed by atoms with Crippen LogP contribution in [0.1, 0.15) is 53.4 Å². The van der Waals surface area contributed by atoms with Crippen molar-refractivity contribution >= 4 is 29.1 Å². The Hall–Kier alpha value is -2.48. The zero-order valence-corrected chi connectivity index (χ0v) is 20.9. The predicted octanol–water partition coefficient (Wildman–Crippen LogP) is 4.21. The van der Waals surface area contributed by atoms with E-state index >= 15 is 0 Å². The third-order valence-corrected chi connectivity index (χ3v) is 6.96. The zero-order valence-electron chi connectivity index (χ0n) is 20.1. The van der Waals surface area contributed by atoms with Crippen molar-refractivity contribution < 1.29 is 14.3 Å². The van der Waals surface area contributed by atoms with Gasteiger partial charge >= 0.3 is 0 Å². The minimum absolute atomic E-state index is 0.111. The van der Waals surface area contributed by atoms with Crippen molar-refractivity contribution in [3.05, 3.63) is 57.9 Å². The van der Waals surface area contributed by atoms with Gasteiger partial charge in [-0.3, -0.25) is 19.5 Å². The first-order chi connectivity index (χ1) is 16.3. The fourth-order valence-corrected chi connectivity index (χ4v) is 4.93. The third-order valence-electron chi connectivity index (χ3n) is 6.75. The lowest BCUT2D eigenvalue weighted by Gasteiger charge is -2.41. The van der Waals surface area contributed by atoms with Gasteiger partial charge in [0.05, 0.1) is 5.56 Å². The van der Waals surface area contributed by atoms with Gasteiger partial charge in [0.25, 0.3) is 11.8 Å². The summed E-state index contributed by atoms with van der Waals surface area (Å²) in [4.78, 5) is 34.2. The lowest BCUT2D eigenvalue weighted by molar-refractivity contribution is -0.151. The van der Waals surface area contributed by atoms with Crippen LogP contribution in [0.2, 0.25) is 5.02 Å². The molecule has 2 aliphatic heterocycles. The Morgan fingerprint density at radius 2 is 2.03 bits per heavy atom. The van der Waals surface area contributed by atoms with E-state index in [0.717, 1.165) is 49.2 Å². The summed E-state index contributed by atoms with van der Waals surface area (Å²) in [6.07, 6.45) is 4.20. The van der Waals surface area contributed by atoms with Gasteiger partial charge in [-0.2, -0.15) is 0 Å². The summed E-state index contributed by atoms with van der Waals surface area (Å²) in [6, 6.07) is 7.43. The van der Waals surface area contributed by atoms with Gasteiger partial charge in [0.1, 0.15) is 6.10 Å². The van der Waals surface area contributed by atoms with Crippen molar-refractivity contribution in [2.45, 2.75) is 58.7 Å². The monoisotopic (exact) mass is 484 g/mol. The number of anilines is 1. The van der Waals surface area contributed by atoms with Crippen LogP contribution in [0.3, 0.4) is 0 Å². The lowest BCUT2D eigenvalue weighted by Crippen LogP contribution is -2.56. The second kappa shape index (κ2) is 10.8. The number of aromatic nitrogens is 1. The number of aryl methyl sites for hydroxylation is 1. The molecule has 0 spiro atoms. The van der Waals surface area contributed by atoms with Crippen LogP contribution in [0, 0.1) is 13.8 Å². The highest BCUT2D eigenvalue weighted by molar-refractivity contribution is 6.31. The molecule has 1 aromatic heterocycles. The molecule has 2 fully saturated rings. The molecule has 1 N–H and O–H groups in total. The highest BCUT2D eigenvalue weighted by Crippen LogP contribution is 2.27. The Balaban J connectivity index is 1.41. The molecule has 2 amide bonds. The number of piperazine rings is 1. The number of hydrogen-bond donors (Lipinski definition) is 1. The number of benzene rings is 1. The van der Waals surface area contributed by atoms with Crippen LogP contribution in [-0.4, -0.2) is 65.0 Å². The molecule has 2 aliphatic rings. The fraction of sp³-hybridized carbons (Fsp3) is 0.500. The Morgan fingerprint density at radius 3 is 2.71 bits per heavy atom. The number of ether oxygens (including phenoxy) is 1. The van der Waals surface area contributed by atoms with Crippen LogP contribution in [0.25, 0.3) is 0 Å². The van der Waals surface area contributed by atoms with Gasteiger partial charge in [-0.05, 0) is 75.4 Å². The molecular weight excluding hydrogens is 452 g/mol. The van der Waals surface area contributed by atoms with E-state index in [0.29, 0.717) is 36.0 Å². The highest BCUT2D eigenvalue weighted by atomic mass is 35.5. The number of pyridine rings is 1. The summed E-state index contributed by atoms with van der Waals surface area (Å²) in [5.41, 5.74) is 4.11. The van der Waals surface area contributed by atoms with Crippen LogP contribution in [0.4, 0.5) is 5.69 Å². The number of nitrogens with one attached hydrogen (secondary N) is 1. The SMILES string of the molecule is Cc1ccc(C(=O)Nc2cc(Cl)cc(CN3CCN(C(=O)[C@@H]4CCCCO4)[C@@H](C)C3)c2C)cn1. The molecule has 34 heavy (non-hydrogen) atoms. The van der Waals surface area contributed by atoms with Crippen molar-refractivity contribution in [2.24, 2.45) is 0 Å². The van der Waals surface area contributed by atoms with Crippen molar-refractivity contribution in [3.63, 3.8) is 0 Å². The van der Waals surface area contributed by atoms with Gasteiger partial charge < -0.3 is 15.0 Å². The Labute approximate surface area is 206 Å². The van der Waals surface area contributed by atoms with Crippen molar-refractivity contribution in [3.8, 4) is 0 Å². The molecule has 2 aromatic rings. The largest absolute Gasteiger partial charge is 0.368 e. The molecule has 182 valence electrons. The zero-order chi connectivity index (χ0) is 24.2. The summed E-state index contributed by atoms with van der Waals surface area (Å²) in [5.74, 6) is -0.0872. The Bertz CT molecular complexity index is 1040. The van der Waals surface area contributed by atoms with Crippen molar-refractivity contribution in [2.75, 3.05) is 31.6 Å². The number of carbonyl (C=O) groups is 2. The fourth-order valence-electron chi connectivity index (χ4n) is 4.69. The molecular formula is C26H33ClN4O3. The summed E-state index contributed by atoms with van der Waals surface area (Å²) in [7, 11) is 0. The van der Waals surface area contributed by atoms with E-state index in [4.69, 9.17) is 16.3 Å². The summed E-state index contributed by atoms with van der Waals surface area (Å²) in [5, 5.41) is 3.56. The standard InChI is InChI=1S/C26H33ClN4O3/c1-17-7-8-20(14-28-17)25(32)29-23-13-22(27)12-21(19(23)3)16-30-9-10-31(18(2)15-30)26(33)24-6-4-5-11-34-24/h7-8,12-14,18,24H,4-6,9-11,15-16H2,1-3H3,(H,29,32)/t18-,24-/m0/s1. The van der Waals surface area contributed by atoms with Crippen LogP contribution >= 0.6 is 11.6 Å². The number of nitrogens with zero attached hydrogens (tertiary/aromatic N) is 3. The summed E-state index contributed by atoms with van der Waals surface area (Å²) < 4.78 is 5.72. The highest BCUT2D eigenvalue weighted by Gasteiger charge is 2.33. The van der Waals surface area contributed by atoms with E-state index in [1.54, 1.807) is 18.3 Å². The molecule has 4 rings (SSSR count). The molecule has 8 heteroatoms. The number of amides is 2. The van der Waals surface area contributed by atoms with Gasteiger partial charge in [-0.25, -0.2) is 0 Å². The number of carbonyl (C=O) groups excluding carboxylic acids is 2. The second-order valence-corrected chi connectivity index (χ2v) is 9.79. The molecule has 0 unspecified atom stereocenters. The van der Waals surface area contributed by atoms with Gasteiger partial charge in [-0.15, -0.1) is 0 Å². The average molecular weight is 485 g/mol. The predicted molar refractivity (Wildman–Crippen MR) is 133 cm³/mol. The van der Waals surface area contributed by atoms with E-state index in [1.807, 2.05) is 30.9 Å². The first-order valence-electron chi connectivity index (χ1n) is 12.0. The lowest BCUT2D eigenvalue weighted by atomic mass is 10.0. The van der Waals surface area contributed by atoms with Crippen LogP contribution in [0.15, 0.2) is 30.5 Å². The van der Waals surface area contributed by atoms with Crippen LogP contribution in [-0.2, 0) is 16.1 Å². The summed E-state index contributed by atoms with van der Waals surface area (Å²) in [6.45, 7) is 9.61. The van der Waals surface area contributed by atoms with Gasteiger partial charge in [0.2, 0.25) is 0 Å². The minimum atomic E-state index is -0.284. The van der Waals surface area contributed by atoms with E-state index in [1.165, 1.54) is 0 Å². The third kappa shape index (κ3) is 5.77. The second-order valence-electron chi connectivity index (χ2n) is 9.35. The molecule has 3 heterocycles. The van der Waals surface area contributed by atoms with E-state index in [2.05, 4.69) is 22.1 Å². The minimum Gasteiger partial charge on any atom is -0.368 e. The molecule has 0 radical (unpaired) electrons. The molecule has 1 aromatic carbocycles. The first kappa shape index (κ1) is 24.6. The maximum absolute atomic E-state index is 12.9. The molecule has 2 saturated heterocycles. The van der Waals surface area contributed by atoms with Crippen molar-refractivity contribution in [1.82, 2.24) is 14.8 Å². The molecule has 2 atom stereocenters. The Morgan fingerprint density at radius 1 is 1.21 bits per heavy atom. The topological polar surface area (TPSA) is 74.8 Å². The van der Waals surface area contributed by atoms with E-state index in [-0.39, 0.29) is 24.0 Å². The van der Waals surface area contributed by atoms with Gasteiger partial charge in [-0.1, -0.05) is 11.6 Å². The van der Waals surface area contributed by atoms with E-state index in [9.17, 15) is 9.59 Å². The molecule has 0 bridgehead atoms. The maximum atomic E-state index is 12.9. The van der Waals surface area contributed by atoms with E-state index < -0.39 is 0 Å². The normalized spacial score (nSPS) is 21.4. The van der Waals surface area contributed by atoms with Crippen LogP contribution in [0.5, 0.6) is 0 Å². The van der Waals surface area contributed by atoms with Crippen LogP contribution < -0.4 is 5.32 Å².